The van der Waals surface area contributed by atoms with E-state index in [1.54, 1.807) is 9.58 Å². The van der Waals surface area contributed by atoms with Crippen molar-refractivity contribution in [2.24, 2.45) is 5.92 Å². The standard InChI is InChI=1S/C18H24N6O3S/c25-17(13-24-16(19-20-21-24)12-22-6-8-27-9-7-22)23-5-1-3-14(11-23)18(26)15-4-2-10-28-15/h2,4,10,14H,1,3,5-9,11-13H2/t14-/m1/s1. The smallest absolute Gasteiger partial charge is 0.244 e. The van der Waals surface area contributed by atoms with E-state index in [4.69, 9.17) is 4.74 Å². The topological polar surface area (TPSA) is 93.5 Å². The van der Waals surface area contributed by atoms with Gasteiger partial charge in [-0.15, -0.1) is 16.4 Å². The van der Waals surface area contributed by atoms with E-state index >= 15 is 0 Å². The predicted octanol–water partition coefficient (Wildman–Crippen LogP) is 0.688. The molecule has 1 amide bonds. The Kier molecular flexibility index (Phi) is 6.08. The number of ketones is 1. The van der Waals surface area contributed by atoms with Crippen molar-refractivity contribution >= 4 is 23.0 Å². The summed E-state index contributed by atoms with van der Waals surface area (Å²) in [6.07, 6.45) is 1.66. The zero-order chi connectivity index (χ0) is 19.3. The van der Waals surface area contributed by atoms with Gasteiger partial charge in [-0.2, -0.15) is 0 Å². The highest BCUT2D eigenvalue weighted by molar-refractivity contribution is 7.12. The van der Waals surface area contributed by atoms with Gasteiger partial charge >= 0.3 is 0 Å². The van der Waals surface area contributed by atoms with Crippen LogP contribution in [-0.4, -0.2) is 81.1 Å². The first kappa shape index (κ1) is 19.2. The quantitative estimate of drug-likeness (QED) is 0.654. The molecule has 2 aliphatic rings. The lowest BCUT2D eigenvalue weighted by Gasteiger charge is -2.32. The van der Waals surface area contributed by atoms with Crippen molar-refractivity contribution in [1.82, 2.24) is 30.0 Å². The number of Topliss-reactive ketones (excluding diaryl/α,β-unsaturated/α-hetero) is 1. The maximum absolute atomic E-state index is 12.8. The number of thiophene rings is 1. The molecule has 0 aromatic carbocycles. The van der Waals surface area contributed by atoms with Gasteiger partial charge in [0, 0.05) is 32.1 Å². The van der Waals surface area contributed by atoms with Gasteiger partial charge in [-0.3, -0.25) is 14.5 Å². The van der Waals surface area contributed by atoms with Gasteiger partial charge in [0.2, 0.25) is 5.91 Å². The number of carbonyl (C=O) groups excluding carboxylic acids is 2. The van der Waals surface area contributed by atoms with Crippen LogP contribution in [0.5, 0.6) is 0 Å². The summed E-state index contributed by atoms with van der Waals surface area (Å²) in [6.45, 7) is 4.92. The fraction of sp³-hybridized carbons (Fsp3) is 0.611. The van der Waals surface area contributed by atoms with Crippen molar-refractivity contribution in [2.45, 2.75) is 25.9 Å². The van der Waals surface area contributed by atoms with Gasteiger partial charge < -0.3 is 9.64 Å². The molecule has 0 saturated carbocycles. The Hall–Kier alpha value is -2.17. The number of aromatic nitrogens is 4. The summed E-state index contributed by atoms with van der Waals surface area (Å²) in [4.78, 5) is 30.2. The lowest BCUT2D eigenvalue weighted by atomic mass is 9.93. The van der Waals surface area contributed by atoms with E-state index in [2.05, 4.69) is 20.4 Å². The number of carbonyl (C=O) groups is 2. The Morgan fingerprint density at radius 2 is 2.11 bits per heavy atom. The summed E-state index contributed by atoms with van der Waals surface area (Å²) in [5.74, 6) is 0.652. The van der Waals surface area contributed by atoms with Crippen LogP contribution < -0.4 is 0 Å². The van der Waals surface area contributed by atoms with Crippen LogP contribution in [0.1, 0.15) is 28.3 Å². The number of piperidine rings is 1. The second-order valence-electron chi connectivity index (χ2n) is 7.16. The summed E-state index contributed by atoms with van der Waals surface area (Å²) >= 11 is 1.46. The Balaban J connectivity index is 1.36. The fourth-order valence-electron chi connectivity index (χ4n) is 3.68. The zero-order valence-electron chi connectivity index (χ0n) is 15.7. The van der Waals surface area contributed by atoms with E-state index < -0.39 is 0 Å². The van der Waals surface area contributed by atoms with Gasteiger partial charge in [0.15, 0.2) is 11.6 Å². The molecule has 4 rings (SSSR count). The molecule has 10 heteroatoms. The molecule has 0 aliphatic carbocycles. The SMILES string of the molecule is O=C(c1cccs1)[C@@H]1CCCN(C(=O)Cn2nnnc2CN2CCOCC2)C1. The van der Waals surface area contributed by atoms with E-state index in [0.29, 0.717) is 38.7 Å². The maximum Gasteiger partial charge on any atom is 0.244 e. The molecule has 0 unspecified atom stereocenters. The van der Waals surface area contributed by atoms with Crippen LogP contribution in [0, 0.1) is 5.92 Å². The van der Waals surface area contributed by atoms with Crippen molar-refractivity contribution in [2.75, 3.05) is 39.4 Å². The highest BCUT2D eigenvalue weighted by Crippen LogP contribution is 2.23. The number of rotatable bonds is 6. The zero-order valence-corrected chi connectivity index (χ0v) is 16.5. The van der Waals surface area contributed by atoms with Gasteiger partial charge in [-0.25, -0.2) is 4.68 Å². The van der Waals surface area contributed by atoms with Crippen LogP contribution >= 0.6 is 11.3 Å². The highest BCUT2D eigenvalue weighted by atomic mass is 32.1. The first-order valence-corrected chi connectivity index (χ1v) is 10.5. The van der Waals surface area contributed by atoms with Gasteiger partial charge in [0.05, 0.1) is 24.6 Å². The van der Waals surface area contributed by atoms with E-state index in [1.165, 1.54) is 11.3 Å². The average molecular weight is 404 g/mol. The minimum Gasteiger partial charge on any atom is -0.379 e. The van der Waals surface area contributed by atoms with Gasteiger partial charge in [-0.05, 0) is 34.7 Å². The van der Waals surface area contributed by atoms with Gasteiger partial charge in [0.25, 0.3) is 0 Å². The molecule has 150 valence electrons. The molecule has 2 aromatic heterocycles. The number of hydrogen-bond donors (Lipinski definition) is 0. The molecular weight excluding hydrogens is 380 g/mol. The minimum atomic E-state index is -0.127. The Morgan fingerprint density at radius 1 is 1.25 bits per heavy atom. The second-order valence-corrected chi connectivity index (χ2v) is 8.11. The molecule has 0 N–H and O–H groups in total. The number of morpholine rings is 1. The molecule has 2 aliphatic heterocycles. The monoisotopic (exact) mass is 404 g/mol. The first-order chi connectivity index (χ1) is 13.7. The van der Waals surface area contributed by atoms with Crippen LogP contribution in [0.15, 0.2) is 17.5 Å². The van der Waals surface area contributed by atoms with Crippen LogP contribution in [0.25, 0.3) is 0 Å². The largest absolute Gasteiger partial charge is 0.379 e. The minimum absolute atomic E-state index is 0.0424. The van der Waals surface area contributed by atoms with Crippen molar-refractivity contribution in [3.05, 3.63) is 28.2 Å². The van der Waals surface area contributed by atoms with Crippen molar-refractivity contribution in [3.63, 3.8) is 0 Å². The third kappa shape index (κ3) is 4.45. The lowest BCUT2D eigenvalue weighted by Crippen LogP contribution is -2.44. The molecule has 0 spiro atoms. The van der Waals surface area contributed by atoms with E-state index in [1.807, 2.05) is 17.5 Å². The lowest BCUT2D eigenvalue weighted by molar-refractivity contribution is -0.133. The summed E-state index contributed by atoms with van der Waals surface area (Å²) in [7, 11) is 0. The van der Waals surface area contributed by atoms with E-state index in [-0.39, 0.29) is 24.2 Å². The number of amides is 1. The molecule has 2 fully saturated rings. The maximum atomic E-state index is 12.8. The molecule has 28 heavy (non-hydrogen) atoms. The van der Waals surface area contributed by atoms with Crippen LogP contribution in [0.4, 0.5) is 0 Å². The normalized spacial score (nSPS) is 21.0. The van der Waals surface area contributed by atoms with Crippen molar-refractivity contribution in [3.8, 4) is 0 Å². The molecule has 9 nitrogen and oxygen atoms in total. The Labute approximate surface area is 167 Å². The van der Waals surface area contributed by atoms with Gasteiger partial charge in [-0.1, -0.05) is 6.07 Å². The Morgan fingerprint density at radius 3 is 2.89 bits per heavy atom. The van der Waals surface area contributed by atoms with Gasteiger partial charge in [0.1, 0.15) is 6.54 Å². The highest BCUT2D eigenvalue weighted by Gasteiger charge is 2.30. The van der Waals surface area contributed by atoms with E-state index in [0.717, 1.165) is 30.8 Å². The Bertz CT molecular complexity index is 802. The summed E-state index contributed by atoms with van der Waals surface area (Å²) in [5, 5.41) is 13.7. The number of hydrogen-bond acceptors (Lipinski definition) is 8. The predicted molar refractivity (Wildman–Crippen MR) is 102 cm³/mol. The summed E-state index contributed by atoms with van der Waals surface area (Å²) in [5.41, 5.74) is 0. The third-order valence-electron chi connectivity index (χ3n) is 5.27. The molecule has 2 saturated heterocycles. The third-order valence-corrected chi connectivity index (χ3v) is 6.15. The number of ether oxygens (including phenoxy) is 1. The molecular formula is C18H24N6O3S. The number of likely N-dealkylation sites (tertiary alicyclic amines) is 1. The van der Waals surface area contributed by atoms with Crippen LogP contribution in [0.3, 0.4) is 0 Å². The molecule has 0 bridgehead atoms. The summed E-state index contributed by atoms with van der Waals surface area (Å²) in [6, 6.07) is 3.74. The van der Waals surface area contributed by atoms with Crippen LogP contribution in [-0.2, 0) is 22.6 Å². The van der Waals surface area contributed by atoms with Crippen molar-refractivity contribution in [1.29, 1.82) is 0 Å². The molecule has 4 heterocycles. The average Bonchev–Trinajstić information content (AvgIpc) is 3.41. The molecule has 1 atom stereocenters. The van der Waals surface area contributed by atoms with E-state index in [9.17, 15) is 9.59 Å². The first-order valence-electron chi connectivity index (χ1n) is 9.61. The van der Waals surface area contributed by atoms with Crippen molar-refractivity contribution < 1.29 is 14.3 Å². The number of tetrazole rings is 1. The molecule has 0 radical (unpaired) electrons. The molecule has 2 aromatic rings. The van der Waals surface area contributed by atoms with Crippen LogP contribution in [0.2, 0.25) is 0 Å². The summed E-state index contributed by atoms with van der Waals surface area (Å²) < 4.78 is 6.93. The fourth-order valence-corrected chi connectivity index (χ4v) is 4.43. The second kappa shape index (κ2) is 8.89. The number of nitrogens with zero attached hydrogens (tertiary/aromatic N) is 6.